The molecule has 25 heavy (non-hydrogen) atoms. The van der Waals surface area contributed by atoms with E-state index in [1.807, 2.05) is 47.4 Å². The Labute approximate surface area is 146 Å². The Kier molecular flexibility index (Phi) is 4.99. The number of hydrogen-bond donors (Lipinski definition) is 1. The van der Waals surface area contributed by atoms with Crippen molar-refractivity contribution in [2.45, 2.75) is 13.8 Å². The van der Waals surface area contributed by atoms with Gasteiger partial charge in [-0.05, 0) is 38.1 Å². The van der Waals surface area contributed by atoms with E-state index >= 15 is 0 Å². The molecule has 1 aromatic heterocycles. The van der Waals surface area contributed by atoms with Crippen LogP contribution in [0.25, 0.3) is 0 Å². The van der Waals surface area contributed by atoms with Crippen molar-refractivity contribution in [1.29, 1.82) is 0 Å². The van der Waals surface area contributed by atoms with Crippen LogP contribution in [0, 0.1) is 0 Å². The van der Waals surface area contributed by atoms with Gasteiger partial charge in [0.05, 0.1) is 6.20 Å². The molecule has 1 heterocycles. The first-order chi connectivity index (χ1) is 12.2. The van der Waals surface area contributed by atoms with Crippen LogP contribution in [-0.4, -0.2) is 27.5 Å². The van der Waals surface area contributed by atoms with Crippen LogP contribution in [0.15, 0.2) is 60.8 Å². The second kappa shape index (κ2) is 7.53. The third-order valence-electron chi connectivity index (χ3n) is 3.73. The molecule has 0 amide bonds. The van der Waals surface area contributed by atoms with E-state index in [0.717, 1.165) is 17.9 Å². The van der Waals surface area contributed by atoms with E-state index in [9.17, 15) is 4.79 Å². The number of benzene rings is 2. The van der Waals surface area contributed by atoms with E-state index in [4.69, 9.17) is 0 Å². The summed E-state index contributed by atoms with van der Waals surface area (Å²) in [6.07, 6.45) is 1.63. The Hall–Kier alpha value is -3.28. The highest BCUT2D eigenvalue weighted by atomic mass is 16.1. The molecule has 3 aromatic rings. The lowest BCUT2D eigenvalue weighted by Gasteiger charge is -2.21. The lowest BCUT2D eigenvalue weighted by atomic mass is 10.1. The molecule has 0 aliphatic heterocycles. The maximum Gasteiger partial charge on any atom is 0.249 e. The molecule has 0 atom stereocenters. The molecule has 6 nitrogen and oxygen atoms in total. The summed E-state index contributed by atoms with van der Waals surface area (Å²) >= 11 is 0. The summed E-state index contributed by atoms with van der Waals surface area (Å²) in [7, 11) is 0. The highest BCUT2D eigenvalue weighted by Crippen LogP contribution is 2.23. The van der Waals surface area contributed by atoms with Gasteiger partial charge in [0, 0.05) is 23.5 Å². The fourth-order valence-electron chi connectivity index (χ4n) is 2.51. The molecule has 126 valence electrons. The molecule has 2 aromatic carbocycles. The SMILES string of the molecule is CCN(c1ccccc1)c1cnnc(Nc2cccc(C(C)=O)c2)n1. The molecule has 3 rings (SSSR count). The monoisotopic (exact) mass is 333 g/mol. The molecule has 0 radical (unpaired) electrons. The number of Topliss-reactive ketones (excluding diaryl/α,β-unsaturated/α-hetero) is 1. The number of anilines is 4. The molecule has 0 unspecified atom stereocenters. The van der Waals surface area contributed by atoms with E-state index in [1.165, 1.54) is 6.92 Å². The van der Waals surface area contributed by atoms with Gasteiger partial charge in [-0.3, -0.25) is 4.79 Å². The molecule has 0 fully saturated rings. The zero-order valence-corrected chi connectivity index (χ0v) is 14.2. The van der Waals surface area contributed by atoms with Crippen LogP contribution in [0.3, 0.4) is 0 Å². The van der Waals surface area contributed by atoms with Crippen molar-refractivity contribution in [3.63, 3.8) is 0 Å². The number of ketones is 1. The molecular weight excluding hydrogens is 314 g/mol. The minimum atomic E-state index is 0.0117. The van der Waals surface area contributed by atoms with Gasteiger partial charge in [0.2, 0.25) is 5.95 Å². The molecule has 0 aliphatic rings. The summed E-state index contributed by atoms with van der Waals surface area (Å²) in [5.41, 5.74) is 2.41. The summed E-state index contributed by atoms with van der Waals surface area (Å²) in [6, 6.07) is 17.2. The van der Waals surface area contributed by atoms with Crippen LogP contribution in [0.1, 0.15) is 24.2 Å². The van der Waals surface area contributed by atoms with E-state index in [1.54, 1.807) is 18.3 Å². The van der Waals surface area contributed by atoms with Crippen LogP contribution in [0.4, 0.5) is 23.1 Å². The fourth-order valence-corrected chi connectivity index (χ4v) is 2.51. The van der Waals surface area contributed by atoms with Crippen molar-refractivity contribution in [3.8, 4) is 0 Å². The summed E-state index contributed by atoms with van der Waals surface area (Å²) < 4.78 is 0. The maximum absolute atomic E-state index is 11.5. The lowest BCUT2D eigenvalue weighted by molar-refractivity contribution is 0.101. The van der Waals surface area contributed by atoms with E-state index < -0.39 is 0 Å². The molecule has 0 saturated carbocycles. The number of rotatable bonds is 6. The Bertz CT molecular complexity index is 866. The lowest BCUT2D eigenvalue weighted by Crippen LogP contribution is -2.18. The van der Waals surface area contributed by atoms with Gasteiger partial charge in [-0.1, -0.05) is 30.3 Å². The van der Waals surface area contributed by atoms with Crippen molar-refractivity contribution >= 4 is 28.9 Å². The Balaban J connectivity index is 1.86. The summed E-state index contributed by atoms with van der Waals surface area (Å²) in [6.45, 7) is 4.34. The van der Waals surface area contributed by atoms with Crippen LogP contribution in [-0.2, 0) is 0 Å². The average molecular weight is 333 g/mol. The van der Waals surface area contributed by atoms with Crippen LogP contribution >= 0.6 is 0 Å². The standard InChI is InChI=1S/C19H19N5O/c1-3-24(17-10-5-4-6-11-17)18-13-20-23-19(22-18)21-16-9-7-8-15(12-16)14(2)25/h4-13H,3H2,1-2H3,(H,21,22,23). The predicted molar refractivity (Wildman–Crippen MR) is 98.7 cm³/mol. The third-order valence-corrected chi connectivity index (χ3v) is 3.73. The summed E-state index contributed by atoms with van der Waals surface area (Å²) in [4.78, 5) is 18.1. The van der Waals surface area contributed by atoms with Gasteiger partial charge < -0.3 is 10.2 Å². The number of carbonyl (C=O) groups is 1. The van der Waals surface area contributed by atoms with Gasteiger partial charge in [-0.2, -0.15) is 10.1 Å². The molecule has 6 heteroatoms. The highest BCUT2D eigenvalue weighted by Gasteiger charge is 2.11. The minimum absolute atomic E-state index is 0.0117. The van der Waals surface area contributed by atoms with Crippen molar-refractivity contribution in [2.75, 3.05) is 16.8 Å². The van der Waals surface area contributed by atoms with Crippen molar-refractivity contribution < 1.29 is 4.79 Å². The number of para-hydroxylation sites is 1. The van der Waals surface area contributed by atoms with Crippen LogP contribution in [0.5, 0.6) is 0 Å². The van der Waals surface area contributed by atoms with Crippen molar-refractivity contribution in [2.24, 2.45) is 0 Å². The smallest absolute Gasteiger partial charge is 0.249 e. The Morgan fingerprint density at radius 1 is 1.12 bits per heavy atom. The zero-order chi connectivity index (χ0) is 17.6. The van der Waals surface area contributed by atoms with Gasteiger partial charge >= 0.3 is 0 Å². The van der Waals surface area contributed by atoms with Crippen molar-refractivity contribution in [1.82, 2.24) is 15.2 Å². The molecule has 0 bridgehead atoms. The second-order valence-electron chi connectivity index (χ2n) is 5.48. The van der Waals surface area contributed by atoms with Crippen molar-refractivity contribution in [3.05, 3.63) is 66.4 Å². The Morgan fingerprint density at radius 3 is 2.64 bits per heavy atom. The zero-order valence-electron chi connectivity index (χ0n) is 14.2. The first-order valence-corrected chi connectivity index (χ1v) is 8.07. The first-order valence-electron chi connectivity index (χ1n) is 8.07. The van der Waals surface area contributed by atoms with Gasteiger partial charge in [0.1, 0.15) is 0 Å². The van der Waals surface area contributed by atoms with E-state index in [2.05, 4.69) is 27.4 Å². The van der Waals surface area contributed by atoms with Gasteiger partial charge in [-0.25, -0.2) is 0 Å². The number of nitrogens with zero attached hydrogens (tertiary/aromatic N) is 4. The maximum atomic E-state index is 11.5. The second-order valence-corrected chi connectivity index (χ2v) is 5.48. The van der Waals surface area contributed by atoms with E-state index in [-0.39, 0.29) is 5.78 Å². The number of nitrogens with one attached hydrogen (secondary N) is 1. The number of aromatic nitrogens is 3. The summed E-state index contributed by atoms with van der Waals surface area (Å²) in [5, 5.41) is 11.2. The number of carbonyl (C=O) groups excluding carboxylic acids is 1. The van der Waals surface area contributed by atoms with Gasteiger partial charge in [0.25, 0.3) is 0 Å². The highest BCUT2D eigenvalue weighted by molar-refractivity contribution is 5.95. The third kappa shape index (κ3) is 3.98. The van der Waals surface area contributed by atoms with Crippen LogP contribution < -0.4 is 10.2 Å². The van der Waals surface area contributed by atoms with Gasteiger partial charge in [0.15, 0.2) is 11.6 Å². The normalized spacial score (nSPS) is 10.3. The van der Waals surface area contributed by atoms with E-state index in [0.29, 0.717) is 17.3 Å². The van der Waals surface area contributed by atoms with Gasteiger partial charge in [-0.15, -0.1) is 5.10 Å². The molecule has 1 N–H and O–H groups in total. The fraction of sp³-hybridized carbons (Fsp3) is 0.158. The quantitative estimate of drug-likeness (QED) is 0.688. The minimum Gasteiger partial charge on any atom is -0.325 e. The topological polar surface area (TPSA) is 71.0 Å². The summed E-state index contributed by atoms with van der Waals surface area (Å²) in [5.74, 6) is 1.10. The van der Waals surface area contributed by atoms with Crippen LogP contribution in [0.2, 0.25) is 0 Å². The Morgan fingerprint density at radius 2 is 1.92 bits per heavy atom. The largest absolute Gasteiger partial charge is 0.325 e. The molecule has 0 spiro atoms. The predicted octanol–water partition coefficient (Wildman–Crippen LogP) is 3.98. The average Bonchev–Trinajstić information content (AvgIpc) is 2.64. The first kappa shape index (κ1) is 16.6. The molecule has 0 aliphatic carbocycles. The molecule has 0 saturated heterocycles. The number of hydrogen-bond acceptors (Lipinski definition) is 6. The molecular formula is C19H19N5O.